The first-order valence-electron chi connectivity index (χ1n) is 6.31. The van der Waals surface area contributed by atoms with Crippen LogP contribution in [0.25, 0.3) is 10.4 Å². The molecule has 1 aromatic heterocycles. The number of H-pyrrole nitrogens is 1. The molecule has 0 aliphatic carbocycles. The van der Waals surface area contributed by atoms with E-state index in [1.807, 2.05) is 0 Å². The first-order valence-corrected chi connectivity index (χ1v) is 6.31. The molecule has 2 heterocycles. The van der Waals surface area contributed by atoms with Gasteiger partial charge in [0, 0.05) is 31.6 Å². The molecule has 3 atom stereocenters. The summed E-state index contributed by atoms with van der Waals surface area (Å²) in [4.78, 5) is 30.1. The number of nitrogens with one attached hydrogen (secondary N) is 1. The van der Waals surface area contributed by atoms with Gasteiger partial charge in [-0.15, -0.1) is 0 Å². The van der Waals surface area contributed by atoms with Crippen LogP contribution in [0.2, 0.25) is 0 Å². The Bertz CT molecular complexity index is 674. The van der Waals surface area contributed by atoms with Gasteiger partial charge in [0.25, 0.3) is 5.56 Å². The minimum absolute atomic E-state index is 0.244. The van der Waals surface area contributed by atoms with Crippen LogP contribution in [0, 0.1) is 0 Å². The normalized spacial score (nSPS) is 24.6. The first kappa shape index (κ1) is 15.1. The van der Waals surface area contributed by atoms with Gasteiger partial charge in [-0.1, -0.05) is 5.11 Å². The number of aromatic amines is 1. The monoisotopic (exact) mass is 296 g/mol. The van der Waals surface area contributed by atoms with Crippen LogP contribution in [0.5, 0.6) is 0 Å². The zero-order valence-electron chi connectivity index (χ0n) is 11.6. The van der Waals surface area contributed by atoms with Crippen molar-refractivity contribution in [3.63, 3.8) is 0 Å². The van der Waals surface area contributed by atoms with Crippen molar-refractivity contribution >= 4 is 5.69 Å². The number of ether oxygens (including phenoxy) is 1. The van der Waals surface area contributed by atoms with Crippen molar-refractivity contribution in [3.05, 3.63) is 37.5 Å². The van der Waals surface area contributed by atoms with Gasteiger partial charge in [-0.3, -0.25) is 14.3 Å². The highest BCUT2D eigenvalue weighted by atomic mass is 16.5. The Labute approximate surface area is 119 Å². The second-order valence-corrected chi connectivity index (χ2v) is 4.90. The Balaban J connectivity index is 2.39. The van der Waals surface area contributed by atoms with Crippen molar-refractivity contribution < 1.29 is 9.84 Å². The Morgan fingerprint density at radius 1 is 1.62 bits per heavy atom. The first-order chi connectivity index (χ1) is 9.97. The fraction of sp³-hybridized carbons (Fsp3) is 0.636. The van der Waals surface area contributed by atoms with Crippen LogP contribution in [-0.2, 0) is 4.74 Å². The van der Waals surface area contributed by atoms with Gasteiger partial charge in [0.15, 0.2) is 0 Å². The number of aliphatic hydroxyl groups is 1. The van der Waals surface area contributed by atoms with Gasteiger partial charge in [0.1, 0.15) is 11.9 Å². The number of anilines is 1. The van der Waals surface area contributed by atoms with Crippen LogP contribution in [0.4, 0.5) is 5.69 Å². The van der Waals surface area contributed by atoms with Crippen LogP contribution in [0.3, 0.4) is 0 Å². The lowest BCUT2D eigenvalue weighted by atomic mass is 10.1. The summed E-state index contributed by atoms with van der Waals surface area (Å²) in [6.07, 6.45) is 0.251. The lowest BCUT2D eigenvalue weighted by molar-refractivity contribution is -0.0270. The second-order valence-electron chi connectivity index (χ2n) is 4.90. The fourth-order valence-electron chi connectivity index (χ4n) is 2.25. The highest BCUT2D eigenvalue weighted by Gasteiger charge is 2.35. The van der Waals surface area contributed by atoms with E-state index >= 15 is 0 Å². The summed E-state index contributed by atoms with van der Waals surface area (Å²) in [5.41, 5.74) is 7.69. The highest BCUT2D eigenvalue weighted by Crippen LogP contribution is 2.30. The minimum atomic E-state index is -0.708. The van der Waals surface area contributed by atoms with E-state index in [-0.39, 0.29) is 13.0 Å². The molecular formula is C11H16N6O4. The molecule has 0 radical (unpaired) electrons. The topological polar surface area (TPSA) is 136 Å². The van der Waals surface area contributed by atoms with Gasteiger partial charge >= 0.3 is 5.69 Å². The van der Waals surface area contributed by atoms with Crippen LogP contribution in [0.1, 0.15) is 12.6 Å². The Kier molecular flexibility index (Phi) is 4.32. The molecule has 2 rings (SSSR count). The van der Waals surface area contributed by atoms with Crippen molar-refractivity contribution in [2.24, 2.45) is 5.11 Å². The number of azide groups is 1. The minimum Gasteiger partial charge on any atom is -0.394 e. The average molecular weight is 296 g/mol. The van der Waals surface area contributed by atoms with Crippen LogP contribution >= 0.6 is 0 Å². The van der Waals surface area contributed by atoms with Gasteiger partial charge in [-0.25, -0.2) is 4.79 Å². The Morgan fingerprint density at radius 3 is 2.90 bits per heavy atom. The number of rotatable bonds is 4. The van der Waals surface area contributed by atoms with Gasteiger partial charge < -0.3 is 14.7 Å². The molecule has 3 unspecified atom stereocenters. The maximum absolute atomic E-state index is 11.9. The van der Waals surface area contributed by atoms with Crippen molar-refractivity contribution in [2.45, 2.75) is 24.8 Å². The quantitative estimate of drug-likeness (QED) is 0.441. The zero-order chi connectivity index (χ0) is 15.6. The molecule has 1 aliphatic heterocycles. The summed E-state index contributed by atoms with van der Waals surface area (Å²) in [5.74, 6) is 0. The van der Waals surface area contributed by atoms with E-state index in [9.17, 15) is 14.7 Å². The van der Waals surface area contributed by atoms with Crippen LogP contribution < -0.4 is 16.1 Å². The predicted molar refractivity (Wildman–Crippen MR) is 74.2 cm³/mol. The summed E-state index contributed by atoms with van der Waals surface area (Å²) in [7, 11) is 3.35. The summed E-state index contributed by atoms with van der Waals surface area (Å²) in [6.45, 7) is -0.321. The van der Waals surface area contributed by atoms with Crippen molar-refractivity contribution in [1.29, 1.82) is 0 Å². The summed E-state index contributed by atoms with van der Waals surface area (Å²) in [5, 5.41) is 12.8. The SMILES string of the molecule is CN(C)c1cn(C2CC(N=[N+]=[N-])C(CO)O2)c(=O)[nH]c1=O. The molecule has 2 N–H and O–H groups in total. The Morgan fingerprint density at radius 2 is 2.33 bits per heavy atom. The van der Waals surface area contributed by atoms with E-state index in [2.05, 4.69) is 15.0 Å². The molecule has 21 heavy (non-hydrogen) atoms. The number of aliphatic hydroxyl groups excluding tert-OH is 1. The van der Waals surface area contributed by atoms with E-state index in [4.69, 9.17) is 10.3 Å². The van der Waals surface area contributed by atoms with Gasteiger partial charge in [0.2, 0.25) is 0 Å². The van der Waals surface area contributed by atoms with Crippen LogP contribution in [0.15, 0.2) is 20.9 Å². The summed E-state index contributed by atoms with van der Waals surface area (Å²) >= 11 is 0. The van der Waals surface area contributed by atoms with E-state index < -0.39 is 29.6 Å². The van der Waals surface area contributed by atoms with E-state index in [1.54, 1.807) is 19.0 Å². The van der Waals surface area contributed by atoms with Gasteiger partial charge in [0.05, 0.1) is 18.8 Å². The summed E-state index contributed by atoms with van der Waals surface area (Å²) < 4.78 is 6.75. The number of aromatic nitrogens is 2. The van der Waals surface area contributed by atoms with Crippen LogP contribution in [-0.4, -0.2) is 47.5 Å². The molecule has 0 amide bonds. The zero-order valence-corrected chi connectivity index (χ0v) is 11.6. The molecule has 0 spiro atoms. The molecule has 0 saturated carbocycles. The van der Waals surface area contributed by atoms with Crippen molar-refractivity contribution in [1.82, 2.24) is 9.55 Å². The molecular weight excluding hydrogens is 280 g/mol. The van der Waals surface area contributed by atoms with Crippen molar-refractivity contribution in [3.8, 4) is 0 Å². The standard InChI is InChI=1S/C11H16N6O4/c1-16(2)7-4-17(11(20)13-10(7)19)9-3-6(14-15-12)8(5-18)21-9/h4,6,8-9,18H,3,5H2,1-2H3,(H,13,19,20). The number of hydrogen-bond donors (Lipinski definition) is 2. The predicted octanol–water partition coefficient (Wildman–Crippen LogP) is -0.439. The highest BCUT2D eigenvalue weighted by molar-refractivity contribution is 5.39. The molecule has 1 fully saturated rings. The molecule has 1 aliphatic rings. The van der Waals surface area contributed by atoms with E-state index in [1.165, 1.54) is 10.8 Å². The molecule has 1 aromatic rings. The van der Waals surface area contributed by atoms with E-state index in [0.717, 1.165) is 0 Å². The molecule has 114 valence electrons. The van der Waals surface area contributed by atoms with E-state index in [0.29, 0.717) is 5.69 Å². The Hall–Kier alpha value is -2.29. The molecule has 10 heteroatoms. The lowest BCUT2D eigenvalue weighted by Crippen LogP contribution is -2.35. The molecule has 1 saturated heterocycles. The van der Waals surface area contributed by atoms with Gasteiger partial charge in [-0.2, -0.15) is 0 Å². The maximum Gasteiger partial charge on any atom is 0.330 e. The third-order valence-electron chi connectivity index (χ3n) is 3.33. The van der Waals surface area contributed by atoms with Crippen molar-refractivity contribution in [2.75, 3.05) is 25.6 Å². The second kappa shape index (κ2) is 6.00. The molecule has 10 nitrogen and oxygen atoms in total. The number of nitrogens with zero attached hydrogens (tertiary/aromatic N) is 5. The number of hydrogen-bond acceptors (Lipinski definition) is 6. The molecule has 0 aromatic carbocycles. The maximum atomic E-state index is 11.9. The largest absolute Gasteiger partial charge is 0.394 e. The molecule has 0 bridgehead atoms. The summed E-state index contributed by atoms with van der Waals surface area (Å²) in [6, 6.07) is -0.563. The third-order valence-corrected chi connectivity index (χ3v) is 3.33. The lowest BCUT2D eigenvalue weighted by Gasteiger charge is -2.17. The van der Waals surface area contributed by atoms with Gasteiger partial charge in [-0.05, 0) is 5.53 Å². The smallest absolute Gasteiger partial charge is 0.330 e. The fourth-order valence-corrected chi connectivity index (χ4v) is 2.25. The third kappa shape index (κ3) is 2.92. The average Bonchev–Trinajstić information content (AvgIpc) is 2.81.